The summed E-state index contributed by atoms with van der Waals surface area (Å²) in [5.74, 6) is -0.513. The van der Waals surface area contributed by atoms with E-state index in [4.69, 9.17) is 0 Å². The van der Waals surface area contributed by atoms with E-state index in [-0.39, 0.29) is 17.2 Å². The van der Waals surface area contributed by atoms with Crippen LogP contribution in [-0.4, -0.2) is 21.6 Å². The summed E-state index contributed by atoms with van der Waals surface area (Å²) in [5, 5.41) is 9.63. The molecular weight excluding hydrogens is 320 g/mol. The van der Waals surface area contributed by atoms with E-state index in [1.165, 1.54) is 16.8 Å². The topological polar surface area (TPSA) is 93.1 Å². The van der Waals surface area contributed by atoms with E-state index in [0.29, 0.717) is 24.3 Å². The molecule has 7 heteroatoms. The number of aromatic nitrogens is 2. The number of nitrogens with one attached hydrogen (secondary N) is 2. The molecule has 0 atom stereocenters. The van der Waals surface area contributed by atoms with Gasteiger partial charge in [0.2, 0.25) is 5.91 Å². The first-order valence-electron chi connectivity index (χ1n) is 8.24. The molecule has 2 N–H and O–H groups in total. The number of amides is 2. The Balaban J connectivity index is 2.22. The predicted octanol–water partition coefficient (Wildman–Crippen LogP) is 2.56. The van der Waals surface area contributed by atoms with Gasteiger partial charge in [-0.25, -0.2) is 4.68 Å². The molecule has 132 valence electrons. The van der Waals surface area contributed by atoms with Crippen molar-refractivity contribution in [1.82, 2.24) is 9.78 Å². The molecule has 1 heterocycles. The molecule has 2 rings (SSSR count). The average Bonchev–Trinajstić information content (AvgIpc) is 2.59. The summed E-state index contributed by atoms with van der Waals surface area (Å²) in [6.07, 6.45) is 1.12. The fraction of sp³-hybridized carbons (Fsp3) is 0.333. The molecule has 1 aromatic carbocycles. The molecule has 0 fully saturated rings. The Morgan fingerprint density at radius 2 is 1.88 bits per heavy atom. The summed E-state index contributed by atoms with van der Waals surface area (Å²) < 4.78 is 1.28. The van der Waals surface area contributed by atoms with Gasteiger partial charge < -0.3 is 10.6 Å². The summed E-state index contributed by atoms with van der Waals surface area (Å²) in [7, 11) is 0. The second kappa shape index (κ2) is 8.23. The smallest absolute Gasteiger partial charge is 0.276 e. The van der Waals surface area contributed by atoms with Crippen molar-refractivity contribution in [2.24, 2.45) is 0 Å². The maximum Gasteiger partial charge on any atom is 0.276 e. The van der Waals surface area contributed by atoms with Gasteiger partial charge in [-0.05, 0) is 37.1 Å². The van der Waals surface area contributed by atoms with Crippen LogP contribution in [0.25, 0.3) is 0 Å². The minimum atomic E-state index is -0.410. The average molecular weight is 342 g/mol. The van der Waals surface area contributed by atoms with E-state index >= 15 is 0 Å². The predicted molar refractivity (Wildman–Crippen MR) is 96.8 cm³/mol. The number of hydrogen-bond donors (Lipinski definition) is 2. The summed E-state index contributed by atoms with van der Waals surface area (Å²) in [6, 6.07) is 8.03. The van der Waals surface area contributed by atoms with Gasteiger partial charge in [0.25, 0.3) is 11.5 Å². The zero-order chi connectivity index (χ0) is 18.4. The van der Waals surface area contributed by atoms with Crippen molar-refractivity contribution in [3.63, 3.8) is 0 Å². The van der Waals surface area contributed by atoms with Gasteiger partial charge in [0.15, 0.2) is 0 Å². The van der Waals surface area contributed by atoms with Gasteiger partial charge in [-0.15, -0.1) is 0 Å². The highest BCUT2D eigenvalue weighted by Gasteiger charge is 2.12. The summed E-state index contributed by atoms with van der Waals surface area (Å²) in [5.41, 5.74) is 1.96. The second-order valence-corrected chi connectivity index (χ2v) is 5.67. The number of hydrogen-bond acceptors (Lipinski definition) is 4. The van der Waals surface area contributed by atoms with Gasteiger partial charge in [0, 0.05) is 30.4 Å². The van der Waals surface area contributed by atoms with Crippen molar-refractivity contribution < 1.29 is 9.59 Å². The third-order valence-corrected chi connectivity index (χ3v) is 3.63. The van der Waals surface area contributed by atoms with Crippen LogP contribution in [0.4, 0.5) is 11.4 Å². The molecule has 1 aromatic heterocycles. The number of carbonyl (C=O) groups excluding carboxylic acids is 2. The molecule has 0 radical (unpaired) electrons. The third-order valence-electron chi connectivity index (χ3n) is 3.63. The standard InChI is InChI=1S/C18H22N4O3/c1-4-10-22-17(24)9-8-14(21-22)18(25)20-15-11-13(7-6-12(15)3)19-16(23)5-2/h6-9,11H,4-5,10H2,1-3H3,(H,19,23)(H,20,25). The number of anilines is 2. The van der Waals surface area contributed by atoms with Crippen LogP contribution in [0.3, 0.4) is 0 Å². The van der Waals surface area contributed by atoms with Crippen molar-refractivity contribution >= 4 is 23.2 Å². The molecule has 0 saturated heterocycles. The Kier molecular flexibility index (Phi) is 6.05. The van der Waals surface area contributed by atoms with Crippen molar-refractivity contribution in [2.75, 3.05) is 10.6 Å². The molecule has 0 aliphatic heterocycles. The van der Waals surface area contributed by atoms with Gasteiger partial charge in [-0.1, -0.05) is 19.9 Å². The zero-order valence-corrected chi connectivity index (χ0v) is 14.6. The first-order chi connectivity index (χ1) is 11.9. The number of aryl methyl sites for hydroxylation is 2. The van der Waals surface area contributed by atoms with Crippen molar-refractivity contribution in [1.29, 1.82) is 0 Å². The maximum absolute atomic E-state index is 12.4. The maximum atomic E-state index is 12.4. The van der Waals surface area contributed by atoms with Crippen LogP contribution in [0.2, 0.25) is 0 Å². The molecule has 0 spiro atoms. The number of carbonyl (C=O) groups is 2. The van der Waals surface area contributed by atoms with Crippen molar-refractivity contribution in [3.8, 4) is 0 Å². The van der Waals surface area contributed by atoms with Gasteiger partial charge in [0.05, 0.1) is 0 Å². The minimum Gasteiger partial charge on any atom is -0.326 e. The van der Waals surface area contributed by atoms with Crippen molar-refractivity contribution in [3.05, 3.63) is 51.9 Å². The fourth-order valence-electron chi connectivity index (χ4n) is 2.21. The van der Waals surface area contributed by atoms with Crippen molar-refractivity contribution in [2.45, 2.75) is 40.2 Å². The summed E-state index contributed by atoms with van der Waals surface area (Å²) in [4.78, 5) is 35.7. The van der Waals surface area contributed by atoms with E-state index in [1.807, 2.05) is 19.9 Å². The highest BCUT2D eigenvalue weighted by molar-refractivity contribution is 6.03. The van der Waals surface area contributed by atoms with Crippen LogP contribution in [-0.2, 0) is 11.3 Å². The zero-order valence-electron chi connectivity index (χ0n) is 14.6. The molecule has 25 heavy (non-hydrogen) atoms. The number of nitrogens with zero attached hydrogens (tertiary/aromatic N) is 2. The van der Waals surface area contributed by atoms with E-state index < -0.39 is 5.91 Å². The lowest BCUT2D eigenvalue weighted by atomic mass is 10.1. The highest BCUT2D eigenvalue weighted by atomic mass is 16.2. The molecule has 7 nitrogen and oxygen atoms in total. The second-order valence-electron chi connectivity index (χ2n) is 5.67. The molecular formula is C18H22N4O3. The van der Waals surface area contributed by atoms with Crippen LogP contribution in [0.1, 0.15) is 42.7 Å². The first kappa shape index (κ1) is 18.4. The molecule has 0 aliphatic rings. The normalized spacial score (nSPS) is 10.4. The Labute approximate surface area is 146 Å². The van der Waals surface area contributed by atoms with Gasteiger partial charge in [-0.2, -0.15) is 5.10 Å². The van der Waals surface area contributed by atoms with Crippen LogP contribution < -0.4 is 16.2 Å². The SMILES string of the molecule is CCCn1nc(C(=O)Nc2cc(NC(=O)CC)ccc2C)ccc1=O. The number of rotatable bonds is 6. The van der Waals surface area contributed by atoms with E-state index in [1.54, 1.807) is 19.1 Å². The Morgan fingerprint density at radius 1 is 1.12 bits per heavy atom. The molecule has 0 aliphatic carbocycles. The van der Waals surface area contributed by atoms with Gasteiger partial charge >= 0.3 is 0 Å². The van der Waals surface area contributed by atoms with Crippen LogP contribution >= 0.6 is 0 Å². The quantitative estimate of drug-likeness (QED) is 0.844. The molecule has 2 amide bonds. The Bertz CT molecular complexity index is 842. The number of benzene rings is 1. The van der Waals surface area contributed by atoms with Gasteiger partial charge in [-0.3, -0.25) is 14.4 Å². The molecule has 2 aromatic rings. The fourth-order valence-corrected chi connectivity index (χ4v) is 2.21. The molecule has 0 unspecified atom stereocenters. The van der Waals surface area contributed by atoms with Crippen LogP contribution in [0.5, 0.6) is 0 Å². The lowest BCUT2D eigenvalue weighted by Crippen LogP contribution is -2.26. The van der Waals surface area contributed by atoms with Crippen LogP contribution in [0.15, 0.2) is 35.1 Å². The van der Waals surface area contributed by atoms with Gasteiger partial charge in [0.1, 0.15) is 5.69 Å². The Hall–Kier alpha value is -2.96. The summed E-state index contributed by atoms with van der Waals surface area (Å²) in [6.45, 7) is 6.01. The third kappa shape index (κ3) is 4.76. The largest absolute Gasteiger partial charge is 0.326 e. The van der Waals surface area contributed by atoms with Crippen LogP contribution in [0, 0.1) is 6.92 Å². The first-order valence-corrected chi connectivity index (χ1v) is 8.24. The lowest BCUT2D eigenvalue weighted by Gasteiger charge is -2.11. The van der Waals surface area contributed by atoms with E-state index in [0.717, 1.165) is 12.0 Å². The highest BCUT2D eigenvalue weighted by Crippen LogP contribution is 2.21. The van der Waals surface area contributed by atoms with E-state index in [2.05, 4.69) is 15.7 Å². The lowest BCUT2D eigenvalue weighted by molar-refractivity contribution is -0.115. The van der Waals surface area contributed by atoms with E-state index in [9.17, 15) is 14.4 Å². The molecule has 0 bridgehead atoms. The molecule has 0 saturated carbocycles. The summed E-state index contributed by atoms with van der Waals surface area (Å²) >= 11 is 0. The Morgan fingerprint density at radius 3 is 2.56 bits per heavy atom. The minimum absolute atomic E-state index is 0.102. The monoisotopic (exact) mass is 342 g/mol.